The predicted octanol–water partition coefficient (Wildman–Crippen LogP) is 2.37. The number of hydrogen-bond acceptors (Lipinski definition) is 5. The third kappa shape index (κ3) is 2.93. The van der Waals surface area contributed by atoms with E-state index in [1.165, 1.54) is 4.80 Å². The number of halogens is 1. The first-order chi connectivity index (χ1) is 9.70. The molecule has 0 saturated heterocycles. The highest BCUT2D eigenvalue weighted by molar-refractivity contribution is 9.10. The monoisotopic (exact) mass is 333 g/mol. The second-order valence-corrected chi connectivity index (χ2v) is 5.22. The van der Waals surface area contributed by atoms with Crippen molar-refractivity contribution in [1.29, 1.82) is 0 Å². The molecule has 0 N–H and O–H groups in total. The Kier molecular flexibility index (Phi) is 3.60. The smallest absolute Gasteiger partial charge is 0.218 e. The van der Waals surface area contributed by atoms with Crippen molar-refractivity contribution < 1.29 is 4.42 Å². The molecule has 2 heterocycles. The van der Waals surface area contributed by atoms with Crippen molar-refractivity contribution in [3.63, 3.8) is 0 Å². The highest BCUT2D eigenvalue weighted by Gasteiger charge is 2.09. The maximum absolute atomic E-state index is 5.39. The third-order valence-electron chi connectivity index (χ3n) is 2.75. The lowest BCUT2D eigenvalue weighted by atomic mass is 10.1. The average Bonchev–Trinajstić information content (AvgIpc) is 3.02. The molecule has 0 atom stereocenters. The Balaban J connectivity index is 1.72. The topological polar surface area (TPSA) is 69.6 Å². The van der Waals surface area contributed by atoms with E-state index in [0.29, 0.717) is 24.7 Å². The second-order valence-electron chi connectivity index (χ2n) is 4.37. The Labute approximate surface area is 124 Å². The normalized spacial score (nSPS) is 10.9. The van der Waals surface area contributed by atoms with Crippen LogP contribution >= 0.6 is 15.9 Å². The maximum atomic E-state index is 5.39. The van der Waals surface area contributed by atoms with Gasteiger partial charge < -0.3 is 4.42 Å². The number of aryl methyl sites for hydroxylation is 1. The summed E-state index contributed by atoms with van der Waals surface area (Å²) in [5.74, 6) is 2.01. The number of tetrazole rings is 1. The zero-order valence-electron chi connectivity index (χ0n) is 10.8. The Morgan fingerprint density at radius 1 is 1.30 bits per heavy atom. The highest BCUT2D eigenvalue weighted by Crippen LogP contribution is 2.17. The van der Waals surface area contributed by atoms with E-state index in [1.54, 1.807) is 6.20 Å². The van der Waals surface area contributed by atoms with E-state index in [-0.39, 0.29) is 0 Å². The van der Waals surface area contributed by atoms with Gasteiger partial charge in [-0.1, -0.05) is 34.1 Å². The van der Waals surface area contributed by atoms with Crippen LogP contribution in [-0.2, 0) is 13.0 Å². The van der Waals surface area contributed by atoms with Crippen LogP contribution in [-0.4, -0.2) is 25.2 Å². The summed E-state index contributed by atoms with van der Waals surface area (Å²) in [5, 5.41) is 12.4. The Morgan fingerprint density at radius 3 is 2.90 bits per heavy atom. The van der Waals surface area contributed by atoms with Crippen molar-refractivity contribution in [3.05, 3.63) is 58.0 Å². The number of benzene rings is 1. The van der Waals surface area contributed by atoms with Gasteiger partial charge in [0.1, 0.15) is 12.3 Å². The van der Waals surface area contributed by atoms with Crippen LogP contribution < -0.4 is 0 Å². The molecule has 6 nitrogen and oxygen atoms in total. The molecule has 1 aromatic carbocycles. The SMILES string of the molecule is Cc1cnc(Cn2nnc(Cc3ccccc3Br)n2)o1. The molecule has 0 saturated carbocycles. The molecule has 20 heavy (non-hydrogen) atoms. The van der Waals surface area contributed by atoms with Gasteiger partial charge in [0.05, 0.1) is 6.20 Å². The molecule has 7 heteroatoms. The molecule has 102 valence electrons. The van der Waals surface area contributed by atoms with E-state index in [0.717, 1.165) is 15.8 Å². The predicted molar refractivity (Wildman–Crippen MR) is 75.1 cm³/mol. The number of nitrogens with zero attached hydrogens (tertiary/aromatic N) is 5. The standard InChI is InChI=1S/C13H12BrN5O/c1-9-7-15-13(20-9)8-19-17-12(16-18-19)6-10-4-2-3-5-11(10)14/h2-5,7H,6,8H2,1H3. The number of aromatic nitrogens is 5. The molecule has 0 radical (unpaired) electrons. The molecule has 2 aromatic heterocycles. The zero-order valence-corrected chi connectivity index (χ0v) is 12.4. The quantitative estimate of drug-likeness (QED) is 0.733. The minimum absolute atomic E-state index is 0.386. The van der Waals surface area contributed by atoms with E-state index >= 15 is 0 Å². The van der Waals surface area contributed by atoms with Crippen molar-refractivity contribution in [1.82, 2.24) is 25.2 Å². The molecular formula is C13H12BrN5O. The van der Waals surface area contributed by atoms with Crippen LogP contribution in [0.4, 0.5) is 0 Å². The number of oxazole rings is 1. The average molecular weight is 334 g/mol. The molecule has 0 aliphatic carbocycles. The summed E-state index contributed by atoms with van der Waals surface area (Å²) >= 11 is 3.51. The molecule has 0 fully saturated rings. The van der Waals surface area contributed by atoms with Crippen molar-refractivity contribution in [2.45, 2.75) is 19.9 Å². The fourth-order valence-corrected chi connectivity index (χ4v) is 2.25. The van der Waals surface area contributed by atoms with Gasteiger partial charge in [-0.3, -0.25) is 0 Å². The van der Waals surface area contributed by atoms with E-state index in [9.17, 15) is 0 Å². The van der Waals surface area contributed by atoms with Gasteiger partial charge in [0.25, 0.3) is 0 Å². The first-order valence-corrected chi connectivity index (χ1v) is 6.91. The second kappa shape index (κ2) is 5.54. The number of hydrogen-bond donors (Lipinski definition) is 0. The largest absolute Gasteiger partial charge is 0.444 e. The first-order valence-electron chi connectivity index (χ1n) is 6.12. The molecule has 0 aliphatic heterocycles. The minimum Gasteiger partial charge on any atom is -0.444 e. The van der Waals surface area contributed by atoms with E-state index in [2.05, 4.69) is 36.3 Å². The zero-order chi connectivity index (χ0) is 13.9. The summed E-state index contributed by atoms with van der Waals surface area (Å²) in [6, 6.07) is 7.99. The van der Waals surface area contributed by atoms with Gasteiger partial charge >= 0.3 is 0 Å². The van der Waals surface area contributed by atoms with Gasteiger partial charge in [-0.2, -0.15) is 4.80 Å². The summed E-state index contributed by atoms with van der Waals surface area (Å²) < 4.78 is 6.43. The number of rotatable bonds is 4. The van der Waals surface area contributed by atoms with Crippen LogP contribution in [0, 0.1) is 6.92 Å². The Morgan fingerprint density at radius 2 is 2.15 bits per heavy atom. The van der Waals surface area contributed by atoms with Crippen molar-refractivity contribution in [2.75, 3.05) is 0 Å². The fraction of sp³-hybridized carbons (Fsp3) is 0.231. The molecular weight excluding hydrogens is 322 g/mol. The van der Waals surface area contributed by atoms with Gasteiger partial charge in [-0.25, -0.2) is 4.98 Å². The lowest BCUT2D eigenvalue weighted by Crippen LogP contribution is -2.04. The van der Waals surface area contributed by atoms with Crippen LogP contribution in [0.5, 0.6) is 0 Å². The Hall–Kier alpha value is -2.02. The summed E-state index contributed by atoms with van der Waals surface area (Å²) in [6.07, 6.45) is 2.31. The van der Waals surface area contributed by atoms with Gasteiger partial charge in [0.2, 0.25) is 5.89 Å². The fourth-order valence-electron chi connectivity index (χ4n) is 1.82. The van der Waals surface area contributed by atoms with Gasteiger partial charge in [-0.05, 0) is 23.8 Å². The molecule has 3 aromatic rings. The van der Waals surface area contributed by atoms with Crippen molar-refractivity contribution in [2.24, 2.45) is 0 Å². The van der Waals surface area contributed by atoms with Gasteiger partial charge in [0, 0.05) is 10.9 Å². The van der Waals surface area contributed by atoms with E-state index in [4.69, 9.17) is 4.42 Å². The van der Waals surface area contributed by atoms with E-state index < -0.39 is 0 Å². The van der Waals surface area contributed by atoms with Crippen LogP contribution in [0.3, 0.4) is 0 Å². The molecule has 3 rings (SSSR count). The summed E-state index contributed by atoms with van der Waals surface area (Å²) in [7, 11) is 0. The van der Waals surface area contributed by atoms with Crippen LogP contribution in [0.25, 0.3) is 0 Å². The van der Waals surface area contributed by atoms with Gasteiger partial charge in [0.15, 0.2) is 5.82 Å². The van der Waals surface area contributed by atoms with Crippen LogP contribution in [0.1, 0.15) is 23.0 Å². The van der Waals surface area contributed by atoms with Crippen molar-refractivity contribution >= 4 is 15.9 Å². The summed E-state index contributed by atoms with van der Waals surface area (Å²) in [4.78, 5) is 5.60. The summed E-state index contributed by atoms with van der Waals surface area (Å²) in [5.41, 5.74) is 1.12. The lowest BCUT2D eigenvalue weighted by Gasteiger charge is -1.99. The molecule has 0 bridgehead atoms. The maximum Gasteiger partial charge on any atom is 0.218 e. The third-order valence-corrected chi connectivity index (χ3v) is 3.52. The highest BCUT2D eigenvalue weighted by atomic mass is 79.9. The molecule has 0 unspecified atom stereocenters. The van der Waals surface area contributed by atoms with Crippen LogP contribution in [0.15, 0.2) is 39.4 Å². The summed E-state index contributed by atoms with van der Waals surface area (Å²) in [6.45, 7) is 2.24. The van der Waals surface area contributed by atoms with Crippen LogP contribution in [0.2, 0.25) is 0 Å². The van der Waals surface area contributed by atoms with E-state index in [1.807, 2.05) is 31.2 Å². The molecule has 0 amide bonds. The Bertz CT molecular complexity index is 721. The lowest BCUT2D eigenvalue weighted by molar-refractivity contribution is 0.425. The molecule has 0 aliphatic rings. The van der Waals surface area contributed by atoms with Crippen molar-refractivity contribution in [3.8, 4) is 0 Å². The molecule has 0 spiro atoms. The van der Waals surface area contributed by atoms with Gasteiger partial charge in [-0.15, -0.1) is 10.2 Å². The first kappa shape index (κ1) is 13.0. The minimum atomic E-state index is 0.386.